The summed E-state index contributed by atoms with van der Waals surface area (Å²) in [4.78, 5) is 5.69. The molecule has 1 N–H and O–H groups in total. The molecule has 0 aliphatic carbocycles. The Morgan fingerprint density at radius 3 is 2.95 bits per heavy atom. The standard InChI is InChI=1S/C13H14N4S2/c1-9-12(11-3-5-17(2)16-11)19-13(15-9)14-7-10-4-6-18-8-10/h3-6,8H,7H2,1-2H3,(H,14,15). The Morgan fingerprint density at radius 1 is 1.37 bits per heavy atom. The van der Waals surface area contributed by atoms with Gasteiger partial charge in [-0.25, -0.2) is 4.98 Å². The van der Waals surface area contributed by atoms with Gasteiger partial charge in [0.05, 0.1) is 10.6 Å². The minimum absolute atomic E-state index is 0.818. The van der Waals surface area contributed by atoms with Crippen LogP contribution in [0.1, 0.15) is 11.3 Å². The Hall–Kier alpha value is -1.66. The molecule has 0 saturated heterocycles. The van der Waals surface area contributed by atoms with E-state index in [-0.39, 0.29) is 0 Å². The van der Waals surface area contributed by atoms with Crippen LogP contribution < -0.4 is 5.32 Å². The lowest BCUT2D eigenvalue weighted by Gasteiger charge is -1.98. The molecule has 0 aromatic carbocycles. The van der Waals surface area contributed by atoms with Gasteiger partial charge in [-0.05, 0) is 35.4 Å². The number of thiazole rings is 1. The van der Waals surface area contributed by atoms with Crippen LogP contribution >= 0.6 is 22.7 Å². The molecule has 0 aliphatic heterocycles. The summed E-state index contributed by atoms with van der Waals surface area (Å²) in [6, 6.07) is 4.14. The van der Waals surface area contributed by atoms with E-state index in [0.717, 1.165) is 27.9 Å². The second-order valence-electron chi connectivity index (χ2n) is 4.29. The van der Waals surface area contributed by atoms with Crippen molar-refractivity contribution in [1.29, 1.82) is 0 Å². The van der Waals surface area contributed by atoms with E-state index >= 15 is 0 Å². The predicted octanol–water partition coefficient (Wildman–Crippen LogP) is 3.53. The zero-order valence-electron chi connectivity index (χ0n) is 10.8. The first-order valence-corrected chi connectivity index (χ1v) is 7.70. The molecule has 0 saturated carbocycles. The maximum absolute atomic E-state index is 4.56. The molecule has 0 atom stereocenters. The second-order valence-corrected chi connectivity index (χ2v) is 6.07. The van der Waals surface area contributed by atoms with Gasteiger partial charge in [-0.2, -0.15) is 16.4 Å². The van der Waals surface area contributed by atoms with Crippen LogP contribution in [0, 0.1) is 6.92 Å². The minimum atomic E-state index is 0.818. The maximum Gasteiger partial charge on any atom is 0.183 e. The summed E-state index contributed by atoms with van der Waals surface area (Å²) < 4.78 is 1.81. The van der Waals surface area contributed by atoms with Crippen molar-refractivity contribution in [3.05, 3.63) is 40.3 Å². The summed E-state index contributed by atoms with van der Waals surface area (Å²) in [5.74, 6) is 0. The first-order chi connectivity index (χ1) is 9.22. The molecular weight excluding hydrogens is 276 g/mol. The number of aryl methyl sites for hydroxylation is 2. The molecule has 3 heterocycles. The van der Waals surface area contributed by atoms with Crippen LogP contribution in [0.25, 0.3) is 10.6 Å². The van der Waals surface area contributed by atoms with Crippen molar-refractivity contribution in [2.24, 2.45) is 7.05 Å². The third-order valence-corrected chi connectivity index (χ3v) is 4.64. The normalized spacial score (nSPS) is 10.8. The third-order valence-electron chi connectivity index (χ3n) is 2.77. The van der Waals surface area contributed by atoms with Crippen LogP contribution in [-0.2, 0) is 13.6 Å². The smallest absolute Gasteiger partial charge is 0.183 e. The van der Waals surface area contributed by atoms with Crippen LogP contribution in [0.4, 0.5) is 5.13 Å². The Balaban J connectivity index is 1.77. The molecule has 0 radical (unpaired) electrons. The fourth-order valence-corrected chi connectivity index (χ4v) is 3.41. The summed E-state index contributed by atoms with van der Waals surface area (Å²) >= 11 is 3.37. The summed E-state index contributed by atoms with van der Waals surface area (Å²) in [6.07, 6.45) is 1.95. The Bertz CT molecular complexity index is 667. The van der Waals surface area contributed by atoms with Gasteiger partial charge in [0.2, 0.25) is 0 Å². The monoisotopic (exact) mass is 290 g/mol. The maximum atomic E-state index is 4.56. The van der Waals surface area contributed by atoms with Crippen LogP contribution in [0.15, 0.2) is 29.1 Å². The first kappa shape index (κ1) is 12.4. The van der Waals surface area contributed by atoms with Crippen LogP contribution in [0.3, 0.4) is 0 Å². The van der Waals surface area contributed by atoms with Gasteiger partial charge in [-0.15, -0.1) is 0 Å². The van der Waals surface area contributed by atoms with Crippen LogP contribution in [0.5, 0.6) is 0 Å². The Labute approximate surface area is 119 Å². The summed E-state index contributed by atoms with van der Waals surface area (Å²) in [6.45, 7) is 2.84. The molecule has 0 fully saturated rings. The quantitative estimate of drug-likeness (QED) is 0.799. The third kappa shape index (κ3) is 2.69. The highest BCUT2D eigenvalue weighted by Gasteiger charge is 2.11. The van der Waals surface area contributed by atoms with Gasteiger partial charge in [-0.3, -0.25) is 4.68 Å². The van der Waals surface area contributed by atoms with Gasteiger partial charge in [0.25, 0.3) is 0 Å². The highest BCUT2D eigenvalue weighted by Crippen LogP contribution is 2.31. The average Bonchev–Trinajstić information content (AvgIpc) is 3.07. The molecule has 0 amide bonds. The van der Waals surface area contributed by atoms with Crippen molar-refractivity contribution in [2.45, 2.75) is 13.5 Å². The second kappa shape index (κ2) is 5.14. The van der Waals surface area contributed by atoms with Crippen LogP contribution in [0.2, 0.25) is 0 Å². The van der Waals surface area contributed by atoms with Gasteiger partial charge in [0.1, 0.15) is 5.69 Å². The number of aromatic nitrogens is 3. The van der Waals surface area contributed by atoms with Gasteiger partial charge >= 0.3 is 0 Å². The first-order valence-electron chi connectivity index (χ1n) is 5.95. The van der Waals surface area contributed by atoms with E-state index in [2.05, 4.69) is 32.2 Å². The average molecular weight is 290 g/mol. The molecule has 0 bridgehead atoms. The van der Waals surface area contributed by atoms with Crippen molar-refractivity contribution in [1.82, 2.24) is 14.8 Å². The van der Waals surface area contributed by atoms with Crippen molar-refractivity contribution < 1.29 is 0 Å². The van der Waals surface area contributed by atoms with Crippen molar-refractivity contribution >= 4 is 27.8 Å². The number of rotatable bonds is 4. The highest BCUT2D eigenvalue weighted by molar-refractivity contribution is 7.19. The zero-order chi connectivity index (χ0) is 13.2. The lowest BCUT2D eigenvalue weighted by molar-refractivity contribution is 0.771. The predicted molar refractivity (Wildman–Crippen MR) is 80.7 cm³/mol. The van der Waals surface area contributed by atoms with E-state index in [4.69, 9.17) is 0 Å². The molecule has 98 valence electrons. The van der Waals surface area contributed by atoms with Gasteiger partial charge in [-0.1, -0.05) is 11.3 Å². The minimum Gasteiger partial charge on any atom is -0.357 e. The molecule has 3 aromatic rings. The van der Waals surface area contributed by atoms with Crippen molar-refractivity contribution in [3.8, 4) is 10.6 Å². The topological polar surface area (TPSA) is 42.7 Å². The number of thiophene rings is 1. The molecule has 0 unspecified atom stereocenters. The van der Waals surface area contributed by atoms with E-state index in [1.54, 1.807) is 22.7 Å². The fraction of sp³-hybridized carbons (Fsp3) is 0.231. The molecule has 3 aromatic heterocycles. The van der Waals surface area contributed by atoms with E-state index in [0.29, 0.717) is 0 Å². The van der Waals surface area contributed by atoms with Gasteiger partial charge in [0, 0.05) is 19.8 Å². The number of anilines is 1. The molecule has 4 nitrogen and oxygen atoms in total. The molecule has 0 aliphatic rings. The van der Waals surface area contributed by atoms with Gasteiger partial charge in [0.15, 0.2) is 5.13 Å². The number of hydrogen-bond acceptors (Lipinski definition) is 5. The molecular formula is C13H14N4S2. The van der Waals surface area contributed by atoms with E-state index in [1.807, 2.05) is 30.9 Å². The fourth-order valence-electron chi connectivity index (χ4n) is 1.82. The molecule has 0 spiro atoms. The summed E-state index contributed by atoms with van der Waals surface area (Å²) in [5.41, 5.74) is 3.30. The molecule has 19 heavy (non-hydrogen) atoms. The van der Waals surface area contributed by atoms with Crippen molar-refractivity contribution in [3.63, 3.8) is 0 Å². The van der Waals surface area contributed by atoms with E-state index in [9.17, 15) is 0 Å². The number of nitrogens with zero attached hydrogens (tertiary/aromatic N) is 3. The lowest BCUT2D eigenvalue weighted by atomic mass is 10.3. The van der Waals surface area contributed by atoms with E-state index in [1.165, 1.54) is 5.56 Å². The highest BCUT2D eigenvalue weighted by atomic mass is 32.1. The zero-order valence-corrected chi connectivity index (χ0v) is 12.4. The van der Waals surface area contributed by atoms with Gasteiger partial charge < -0.3 is 5.32 Å². The van der Waals surface area contributed by atoms with E-state index < -0.39 is 0 Å². The SMILES string of the molecule is Cc1nc(NCc2ccsc2)sc1-c1ccn(C)n1. The Kier molecular flexibility index (Phi) is 3.35. The summed E-state index contributed by atoms with van der Waals surface area (Å²) in [5, 5.41) is 13.0. The lowest BCUT2D eigenvalue weighted by Crippen LogP contribution is -1.96. The number of hydrogen-bond donors (Lipinski definition) is 1. The van der Waals surface area contributed by atoms with Crippen LogP contribution in [-0.4, -0.2) is 14.8 Å². The van der Waals surface area contributed by atoms with Crippen molar-refractivity contribution in [2.75, 3.05) is 5.32 Å². The molecule has 6 heteroatoms. The Morgan fingerprint density at radius 2 is 2.26 bits per heavy atom. The summed E-state index contributed by atoms with van der Waals surface area (Å²) in [7, 11) is 1.93. The number of nitrogens with one attached hydrogen (secondary N) is 1. The molecule has 3 rings (SSSR count). The largest absolute Gasteiger partial charge is 0.357 e.